The second kappa shape index (κ2) is 8.28. The third kappa shape index (κ3) is 6.03. The fourth-order valence-corrected chi connectivity index (χ4v) is 1.11. The number of para-hydroxylation sites is 2. The molecule has 0 radical (unpaired) electrons. The van der Waals surface area contributed by atoms with Crippen LogP contribution < -0.4 is 4.74 Å². The van der Waals surface area contributed by atoms with E-state index in [2.05, 4.69) is 0 Å². The van der Waals surface area contributed by atoms with E-state index in [1.165, 1.54) is 6.92 Å². The maximum absolute atomic E-state index is 8.11. The zero-order valence-electron chi connectivity index (χ0n) is 10.4. The van der Waals surface area contributed by atoms with Crippen LogP contribution in [0.2, 0.25) is 0 Å². The molecule has 0 aromatic heterocycles. The average Bonchev–Trinajstić information content (AvgIpc) is 2.42. The molecule has 0 spiro atoms. The quantitative estimate of drug-likeness (QED) is 0.875. The van der Waals surface area contributed by atoms with Crippen molar-refractivity contribution in [2.75, 3.05) is 6.61 Å². The average molecular weight is 246 g/mol. The fourth-order valence-electron chi connectivity index (χ4n) is 1.11. The molecule has 0 heterocycles. The van der Waals surface area contributed by atoms with E-state index in [0.717, 1.165) is 11.5 Å². The van der Waals surface area contributed by atoms with Gasteiger partial charge < -0.3 is 14.9 Å². The van der Waals surface area contributed by atoms with E-state index >= 15 is 0 Å². The molecule has 0 aliphatic carbocycles. The lowest BCUT2D eigenvalue weighted by atomic mass is 10.3. The lowest BCUT2D eigenvalue weighted by Crippen LogP contribution is -2.03. The maximum Gasteiger partial charge on any atom is 0.127 e. The molecule has 2 aromatic carbocycles. The molecule has 0 saturated carbocycles. The maximum atomic E-state index is 8.11. The van der Waals surface area contributed by atoms with Crippen LogP contribution >= 0.6 is 0 Å². The summed E-state index contributed by atoms with van der Waals surface area (Å²) in [7, 11) is 0. The molecule has 3 nitrogen and oxygen atoms in total. The molecule has 0 saturated heterocycles. The van der Waals surface area contributed by atoms with E-state index < -0.39 is 6.10 Å². The zero-order valence-corrected chi connectivity index (χ0v) is 10.4. The summed E-state index contributed by atoms with van der Waals surface area (Å²) in [6, 6.07) is 19.5. The Labute approximate surface area is 107 Å². The minimum atomic E-state index is -0.560. The molecule has 2 N–H and O–H groups in total. The molecule has 1 unspecified atom stereocenters. The number of hydrogen-bond donors (Lipinski definition) is 2. The van der Waals surface area contributed by atoms with Gasteiger partial charge >= 0.3 is 0 Å². The van der Waals surface area contributed by atoms with Crippen molar-refractivity contribution in [3.05, 3.63) is 60.7 Å². The van der Waals surface area contributed by atoms with Crippen molar-refractivity contribution in [3.63, 3.8) is 0 Å². The predicted molar refractivity (Wildman–Crippen MR) is 71.7 cm³/mol. The first-order valence-corrected chi connectivity index (χ1v) is 5.79. The third-order valence-corrected chi connectivity index (χ3v) is 1.99. The van der Waals surface area contributed by atoms with Crippen LogP contribution in [-0.2, 0) is 0 Å². The highest BCUT2D eigenvalue weighted by Crippen LogP contribution is 2.19. The van der Waals surface area contributed by atoms with Crippen molar-refractivity contribution in [3.8, 4) is 11.5 Å². The summed E-state index contributed by atoms with van der Waals surface area (Å²) in [5.41, 5.74) is 0. The number of benzene rings is 2. The predicted octanol–water partition coefficient (Wildman–Crippen LogP) is 2.84. The van der Waals surface area contributed by atoms with Crippen molar-refractivity contribution in [2.24, 2.45) is 0 Å². The Balaban J connectivity index is 0.000000280. The summed E-state index contributed by atoms with van der Waals surface area (Å²) in [4.78, 5) is 0. The number of ether oxygens (including phenoxy) is 1. The van der Waals surface area contributed by atoms with Crippen molar-refractivity contribution in [1.29, 1.82) is 0 Å². The van der Waals surface area contributed by atoms with Crippen molar-refractivity contribution >= 4 is 0 Å². The molecule has 0 aliphatic heterocycles. The van der Waals surface area contributed by atoms with Gasteiger partial charge in [-0.25, -0.2) is 0 Å². The monoisotopic (exact) mass is 246 g/mol. The second-order valence-corrected chi connectivity index (χ2v) is 3.76. The van der Waals surface area contributed by atoms with E-state index in [-0.39, 0.29) is 6.61 Å². The highest BCUT2D eigenvalue weighted by molar-refractivity contribution is 5.30. The second-order valence-electron chi connectivity index (χ2n) is 3.76. The van der Waals surface area contributed by atoms with Gasteiger partial charge in [-0.05, 0) is 31.2 Å². The molecule has 0 bridgehead atoms. The molecular formula is C15H18O3. The van der Waals surface area contributed by atoms with Crippen LogP contribution in [0.4, 0.5) is 0 Å². The van der Waals surface area contributed by atoms with Crippen LogP contribution in [0.15, 0.2) is 60.7 Å². The zero-order chi connectivity index (χ0) is 13.2. The Hall–Kier alpha value is -1.84. The van der Waals surface area contributed by atoms with Crippen molar-refractivity contribution in [1.82, 2.24) is 0 Å². The molecule has 2 rings (SSSR count). The molecule has 3 heteroatoms. The van der Waals surface area contributed by atoms with Gasteiger partial charge in [0.25, 0.3) is 0 Å². The smallest absolute Gasteiger partial charge is 0.127 e. The number of aliphatic hydroxyl groups excluding tert-OH is 2. The third-order valence-electron chi connectivity index (χ3n) is 1.99. The highest BCUT2D eigenvalue weighted by atomic mass is 16.5. The van der Waals surface area contributed by atoms with Crippen LogP contribution in [-0.4, -0.2) is 22.9 Å². The first-order valence-electron chi connectivity index (χ1n) is 5.79. The van der Waals surface area contributed by atoms with Crippen LogP contribution in [0.5, 0.6) is 11.5 Å². The van der Waals surface area contributed by atoms with E-state index in [0.29, 0.717) is 0 Å². The van der Waals surface area contributed by atoms with Gasteiger partial charge in [0.15, 0.2) is 0 Å². The minimum absolute atomic E-state index is 0.139. The molecule has 0 fully saturated rings. The van der Waals surface area contributed by atoms with Gasteiger partial charge in [-0.15, -0.1) is 0 Å². The molecule has 2 aromatic rings. The van der Waals surface area contributed by atoms with Gasteiger partial charge in [-0.2, -0.15) is 0 Å². The van der Waals surface area contributed by atoms with Gasteiger partial charge in [0, 0.05) is 0 Å². The highest BCUT2D eigenvalue weighted by Gasteiger charge is 1.92. The number of aliphatic hydroxyl groups is 2. The Kier molecular flexibility index (Phi) is 6.54. The Morgan fingerprint density at radius 1 is 0.889 bits per heavy atom. The van der Waals surface area contributed by atoms with Gasteiger partial charge in [-0.1, -0.05) is 36.4 Å². The van der Waals surface area contributed by atoms with Crippen LogP contribution in [0.3, 0.4) is 0 Å². The minimum Gasteiger partial charge on any atom is -0.457 e. The Morgan fingerprint density at radius 3 is 1.50 bits per heavy atom. The van der Waals surface area contributed by atoms with Crippen LogP contribution in [0.1, 0.15) is 6.92 Å². The van der Waals surface area contributed by atoms with Gasteiger partial charge in [0.2, 0.25) is 0 Å². The molecule has 18 heavy (non-hydrogen) atoms. The standard InChI is InChI=1S/C12H10O.C3H8O2/c1-3-7-11(8-4-1)13-12-9-5-2-6-10-12;1-3(5)2-4/h1-10H;3-5H,2H2,1H3. The van der Waals surface area contributed by atoms with Crippen LogP contribution in [0, 0.1) is 0 Å². The normalized spacial score (nSPS) is 11.1. The van der Waals surface area contributed by atoms with E-state index in [9.17, 15) is 0 Å². The molecule has 0 aliphatic rings. The number of hydrogen-bond acceptors (Lipinski definition) is 3. The molecular weight excluding hydrogens is 228 g/mol. The van der Waals surface area contributed by atoms with Crippen LogP contribution in [0.25, 0.3) is 0 Å². The Morgan fingerprint density at radius 2 is 1.22 bits per heavy atom. The first kappa shape index (κ1) is 14.2. The van der Waals surface area contributed by atoms with E-state index in [1.54, 1.807) is 0 Å². The van der Waals surface area contributed by atoms with Crippen molar-refractivity contribution in [2.45, 2.75) is 13.0 Å². The van der Waals surface area contributed by atoms with Gasteiger partial charge in [-0.3, -0.25) is 0 Å². The van der Waals surface area contributed by atoms with Gasteiger partial charge in [0.05, 0.1) is 12.7 Å². The van der Waals surface area contributed by atoms with Crippen molar-refractivity contribution < 1.29 is 14.9 Å². The van der Waals surface area contributed by atoms with Gasteiger partial charge in [0.1, 0.15) is 11.5 Å². The van der Waals surface area contributed by atoms with E-state index in [1.807, 2.05) is 60.7 Å². The summed E-state index contributed by atoms with van der Waals surface area (Å²) in [6.45, 7) is 1.39. The molecule has 0 amide bonds. The summed E-state index contributed by atoms with van der Waals surface area (Å²) in [6.07, 6.45) is -0.560. The molecule has 96 valence electrons. The lowest BCUT2D eigenvalue weighted by molar-refractivity contribution is 0.110. The SMILES string of the molecule is CC(O)CO.c1ccc(Oc2ccccc2)cc1. The largest absolute Gasteiger partial charge is 0.457 e. The summed E-state index contributed by atoms with van der Waals surface area (Å²) in [5.74, 6) is 1.74. The summed E-state index contributed by atoms with van der Waals surface area (Å²) in [5, 5.41) is 16.0. The molecule has 1 atom stereocenters. The topological polar surface area (TPSA) is 49.7 Å². The summed E-state index contributed by atoms with van der Waals surface area (Å²) >= 11 is 0. The first-order chi connectivity index (χ1) is 8.72. The number of rotatable bonds is 3. The van der Waals surface area contributed by atoms with E-state index in [4.69, 9.17) is 14.9 Å². The fraction of sp³-hybridized carbons (Fsp3) is 0.200. The Bertz CT molecular complexity index is 375. The summed E-state index contributed by atoms with van der Waals surface area (Å²) < 4.78 is 5.58. The lowest BCUT2D eigenvalue weighted by Gasteiger charge is -2.03.